The molecule has 1 aliphatic rings. The topological polar surface area (TPSA) is 53.2 Å². The number of aryl methyl sites for hydroxylation is 1. The highest BCUT2D eigenvalue weighted by Crippen LogP contribution is 2.13. The molecule has 2 atom stereocenters. The van der Waals surface area contributed by atoms with E-state index in [1.807, 2.05) is 31.2 Å². The van der Waals surface area contributed by atoms with Gasteiger partial charge in [0.05, 0.1) is 0 Å². The van der Waals surface area contributed by atoms with Crippen LogP contribution in [-0.4, -0.2) is 25.2 Å². The van der Waals surface area contributed by atoms with Crippen LogP contribution in [0.2, 0.25) is 0 Å². The molecule has 98 valence electrons. The van der Waals surface area contributed by atoms with E-state index in [1.54, 1.807) is 0 Å². The summed E-state index contributed by atoms with van der Waals surface area (Å²) < 4.78 is 0. The van der Waals surface area contributed by atoms with Crippen molar-refractivity contribution in [3.63, 3.8) is 0 Å². The van der Waals surface area contributed by atoms with Crippen molar-refractivity contribution in [3.05, 3.63) is 29.8 Å². The zero-order chi connectivity index (χ0) is 13.0. The maximum atomic E-state index is 11.8. The molecular weight excluding hydrogens is 226 g/mol. The summed E-state index contributed by atoms with van der Waals surface area (Å²) in [5, 5.41) is 9.18. The molecule has 1 saturated heterocycles. The van der Waals surface area contributed by atoms with Crippen molar-refractivity contribution in [1.82, 2.24) is 10.6 Å². The first kappa shape index (κ1) is 12.9. The summed E-state index contributed by atoms with van der Waals surface area (Å²) >= 11 is 0. The van der Waals surface area contributed by atoms with Crippen molar-refractivity contribution < 1.29 is 4.79 Å². The lowest BCUT2D eigenvalue weighted by Crippen LogP contribution is -2.41. The molecule has 3 N–H and O–H groups in total. The largest absolute Gasteiger partial charge is 0.335 e. The smallest absolute Gasteiger partial charge is 0.319 e. The molecule has 0 aromatic heterocycles. The molecule has 1 aromatic rings. The molecule has 4 heteroatoms. The molecule has 1 aromatic carbocycles. The summed E-state index contributed by atoms with van der Waals surface area (Å²) in [5.74, 6) is 0.535. The molecule has 2 rings (SSSR count). The van der Waals surface area contributed by atoms with E-state index in [4.69, 9.17) is 0 Å². The van der Waals surface area contributed by atoms with Crippen LogP contribution in [0.15, 0.2) is 24.3 Å². The van der Waals surface area contributed by atoms with Gasteiger partial charge in [0.2, 0.25) is 0 Å². The van der Waals surface area contributed by atoms with E-state index in [0.29, 0.717) is 5.92 Å². The van der Waals surface area contributed by atoms with Crippen LogP contribution < -0.4 is 16.0 Å². The Kier molecular flexibility index (Phi) is 4.20. The van der Waals surface area contributed by atoms with Crippen LogP contribution in [0.3, 0.4) is 0 Å². The summed E-state index contributed by atoms with van der Waals surface area (Å²) in [6.07, 6.45) is 1.13. The van der Waals surface area contributed by atoms with Crippen LogP contribution in [0.5, 0.6) is 0 Å². The molecule has 2 unspecified atom stereocenters. The minimum atomic E-state index is -0.125. The molecule has 0 aliphatic carbocycles. The van der Waals surface area contributed by atoms with Crippen molar-refractivity contribution in [3.8, 4) is 0 Å². The van der Waals surface area contributed by atoms with Gasteiger partial charge < -0.3 is 16.0 Å². The highest BCUT2D eigenvalue weighted by atomic mass is 16.2. The average Bonchev–Trinajstić information content (AvgIpc) is 2.81. The summed E-state index contributed by atoms with van der Waals surface area (Å²) in [6, 6.07) is 7.88. The maximum Gasteiger partial charge on any atom is 0.319 e. The number of carbonyl (C=O) groups excluding carboxylic acids is 1. The number of anilines is 1. The van der Waals surface area contributed by atoms with E-state index in [9.17, 15) is 4.79 Å². The summed E-state index contributed by atoms with van der Waals surface area (Å²) in [5.41, 5.74) is 1.98. The maximum absolute atomic E-state index is 11.8. The lowest BCUT2D eigenvalue weighted by molar-refractivity contribution is 0.245. The van der Waals surface area contributed by atoms with Crippen molar-refractivity contribution in [2.45, 2.75) is 26.3 Å². The highest BCUT2D eigenvalue weighted by Gasteiger charge is 2.22. The third-order valence-corrected chi connectivity index (χ3v) is 3.44. The number of amides is 2. The van der Waals surface area contributed by atoms with Crippen molar-refractivity contribution in [1.29, 1.82) is 0 Å². The van der Waals surface area contributed by atoms with Gasteiger partial charge in [-0.3, -0.25) is 0 Å². The fourth-order valence-electron chi connectivity index (χ4n) is 2.32. The average molecular weight is 247 g/mol. The molecule has 1 aliphatic heterocycles. The van der Waals surface area contributed by atoms with Crippen LogP contribution in [0.4, 0.5) is 10.5 Å². The van der Waals surface area contributed by atoms with Crippen molar-refractivity contribution >= 4 is 11.7 Å². The Hall–Kier alpha value is -1.55. The Balaban J connectivity index is 1.84. The van der Waals surface area contributed by atoms with Crippen LogP contribution in [0, 0.1) is 12.8 Å². The molecule has 0 radical (unpaired) electrons. The van der Waals surface area contributed by atoms with E-state index in [-0.39, 0.29) is 12.1 Å². The molecule has 1 heterocycles. The van der Waals surface area contributed by atoms with Gasteiger partial charge >= 0.3 is 6.03 Å². The predicted molar refractivity (Wildman–Crippen MR) is 73.8 cm³/mol. The second-order valence-corrected chi connectivity index (χ2v) is 5.01. The molecule has 0 spiro atoms. The Bertz CT molecular complexity index is 413. The van der Waals surface area contributed by atoms with Gasteiger partial charge in [0, 0.05) is 11.7 Å². The number of hydrogen-bond donors (Lipinski definition) is 3. The fourth-order valence-corrected chi connectivity index (χ4v) is 2.32. The van der Waals surface area contributed by atoms with E-state index in [2.05, 4.69) is 22.9 Å². The standard InChI is InChI=1S/C14H21N3O/c1-10-4-3-5-13(8-10)17-14(18)16-11(2)12-6-7-15-9-12/h3-5,8,11-12,15H,6-7,9H2,1-2H3,(H2,16,17,18). The molecule has 4 nitrogen and oxygen atoms in total. The third-order valence-electron chi connectivity index (χ3n) is 3.44. The van der Waals surface area contributed by atoms with E-state index in [1.165, 1.54) is 0 Å². The normalized spacial score (nSPS) is 20.4. The van der Waals surface area contributed by atoms with Gasteiger partial charge in [0.1, 0.15) is 0 Å². The molecule has 0 bridgehead atoms. The number of hydrogen-bond acceptors (Lipinski definition) is 2. The molecule has 2 amide bonds. The van der Waals surface area contributed by atoms with Gasteiger partial charge in [-0.15, -0.1) is 0 Å². The van der Waals surface area contributed by atoms with E-state index >= 15 is 0 Å². The lowest BCUT2D eigenvalue weighted by Gasteiger charge is -2.20. The van der Waals surface area contributed by atoms with Gasteiger partial charge in [0.25, 0.3) is 0 Å². The minimum absolute atomic E-state index is 0.125. The van der Waals surface area contributed by atoms with E-state index < -0.39 is 0 Å². The van der Waals surface area contributed by atoms with Gasteiger partial charge in [-0.05, 0) is 57.0 Å². The second-order valence-electron chi connectivity index (χ2n) is 5.01. The first-order valence-corrected chi connectivity index (χ1v) is 6.50. The summed E-state index contributed by atoms with van der Waals surface area (Å²) in [6.45, 7) is 6.12. The minimum Gasteiger partial charge on any atom is -0.335 e. The van der Waals surface area contributed by atoms with Crippen molar-refractivity contribution in [2.75, 3.05) is 18.4 Å². The second kappa shape index (κ2) is 5.87. The summed E-state index contributed by atoms with van der Waals surface area (Å²) in [7, 11) is 0. The molecule has 18 heavy (non-hydrogen) atoms. The van der Waals surface area contributed by atoms with Crippen LogP contribution in [0.1, 0.15) is 18.9 Å². The number of carbonyl (C=O) groups is 1. The number of benzene rings is 1. The Morgan fingerprint density at radius 3 is 3.00 bits per heavy atom. The molecule has 1 fully saturated rings. The Morgan fingerprint density at radius 1 is 1.50 bits per heavy atom. The van der Waals surface area contributed by atoms with Crippen molar-refractivity contribution in [2.24, 2.45) is 5.92 Å². The Morgan fingerprint density at radius 2 is 2.33 bits per heavy atom. The number of nitrogens with one attached hydrogen (secondary N) is 3. The zero-order valence-corrected chi connectivity index (χ0v) is 11.0. The zero-order valence-electron chi connectivity index (χ0n) is 11.0. The van der Waals surface area contributed by atoms with Crippen LogP contribution in [-0.2, 0) is 0 Å². The number of rotatable bonds is 3. The number of urea groups is 1. The SMILES string of the molecule is Cc1cccc(NC(=O)NC(C)C2CCNC2)c1. The van der Waals surface area contributed by atoms with Crippen LogP contribution >= 0.6 is 0 Å². The van der Waals surface area contributed by atoms with Gasteiger partial charge in [0.15, 0.2) is 0 Å². The summed E-state index contributed by atoms with van der Waals surface area (Å²) in [4.78, 5) is 11.8. The third kappa shape index (κ3) is 3.47. The lowest BCUT2D eigenvalue weighted by atomic mass is 10.0. The van der Waals surface area contributed by atoms with Gasteiger partial charge in [-0.1, -0.05) is 12.1 Å². The highest BCUT2D eigenvalue weighted by molar-refractivity contribution is 5.89. The first-order chi connectivity index (χ1) is 8.65. The predicted octanol–water partition coefficient (Wildman–Crippen LogP) is 2.11. The monoisotopic (exact) mass is 247 g/mol. The first-order valence-electron chi connectivity index (χ1n) is 6.50. The van der Waals surface area contributed by atoms with Gasteiger partial charge in [-0.2, -0.15) is 0 Å². The van der Waals surface area contributed by atoms with Gasteiger partial charge in [-0.25, -0.2) is 4.79 Å². The fraction of sp³-hybridized carbons (Fsp3) is 0.500. The quantitative estimate of drug-likeness (QED) is 0.766. The van der Waals surface area contributed by atoms with Crippen LogP contribution in [0.25, 0.3) is 0 Å². The Labute approximate surface area is 108 Å². The molecule has 0 saturated carbocycles. The molecular formula is C14H21N3O. The van der Waals surface area contributed by atoms with E-state index in [0.717, 1.165) is 30.8 Å².